The molecule has 2 heterocycles. The Morgan fingerprint density at radius 2 is 1.92 bits per heavy atom. The second-order valence-electron chi connectivity index (χ2n) is 7.93. The van der Waals surface area contributed by atoms with Gasteiger partial charge >= 0.3 is 5.97 Å². The predicted octanol–water partition coefficient (Wildman–Crippen LogP) is 2.30. The van der Waals surface area contributed by atoms with Gasteiger partial charge in [0.1, 0.15) is 5.00 Å². The van der Waals surface area contributed by atoms with Crippen molar-refractivity contribution in [2.24, 2.45) is 11.8 Å². The normalized spacial score (nSPS) is 25.4. The van der Waals surface area contributed by atoms with Crippen LogP contribution >= 0.6 is 11.3 Å². The van der Waals surface area contributed by atoms with Gasteiger partial charge in [0, 0.05) is 4.88 Å². The van der Waals surface area contributed by atoms with Gasteiger partial charge in [0.2, 0.25) is 0 Å². The molecule has 1 fully saturated rings. The summed E-state index contributed by atoms with van der Waals surface area (Å²) in [5.74, 6) is 1.10. The van der Waals surface area contributed by atoms with Crippen LogP contribution in [0.25, 0.3) is 0 Å². The highest BCUT2D eigenvalue weighted by Crippen LogP contribution is 2.40. The lowest BCUT2D eigenvalue weighted by Gasteiger charge is -2.26. The Morgan fingerprint density at radius 1 is 1.19 bits per heavy atom. The summed E-state index contributed by atoms with van der Waals surface area (Å²) in [6, 6.07) is 0. The van der Waals surface area contributed by atoms with Crippen LogP contribution in [0.1, 0.15) is 60.8 Å². The molecule has 0 aromatic carbocycles. The zero-order chi connectivity index (χ0) is 18.7. The molecule has 0 spiro atoms. The number of piperidine rings is 1. The van der Waals surface area contributed by atoms with Gasteiger partial charge in [-0.2, -0.15) is 0 Å². The largest absolute Gasteiger partial charge is 0.462 e. The Morgan fingerprint density at radius 3 is 2.62 bits per heavy atom. The molecule has 26 heavy (non-hydrogen) atoms. The molecule has 144 valence electrons. The van der Waals surface area contributed by atoms with E-state index in [2.05, 4.69) is 19.2 Å². The summed E-state index contributed by atoms with van der Waals surface area (Å²) in [6.07, 6.45) is 5.33. The molecule has 1 atom stereocenters. The van der Waals surface area contributed by atoms with Crippen molar-refractivity contribution >= 4 is 28.2 Å². The van der Waals surface area contributed by atoms with Gasteiger partial charge in [0.15, 0.2) is 6.54 Å². The van der Waals surface area contributed by atoms with E-state index in [-0.39, 0.29) is 11.9 Å². The molecule has 1 aliphatic carbocycles. The fraction of sp³-hybridized carbons (Fsp3) is 0.700. The van der Waals surface area contributed by atoms with E-state index in [1.165, 1.54) is 22.6 Å². The molecular weight excluding hydrogens is 348 g/mol. The number of amides is 1. The molecule has 6 heteroatoms. The van der Waals surface area contributed by atoms with Crippen molar-refractivity contribution in [2.45, 2.75) is 52.9 Å². The summed E-state index contributed by atoms with van der Waals surface area (Å²) in [5, 5.41) is 3.73. The summed E-state index contributed by atoms with van der Waals surface area (Å²) in [4.78, 5) is 27.7. The van der Waals surface area contributed by atoms with Gasteiger partial charge < -0.3 is 15.0 Å². The number of hydrogen-bond acceptors (Lipinski definition) is 4. The highest BCUT2D eigenvalue weighted by atomic mass is 32.1. The van der Waals surface area contributed by atoms with Crippen molar-refractivity contribution in [3.8, 4) is 0 Å². The van der Waals surface area contributed by atoms with Crippen molar-refractivity contribution in [1.82, 2.24) is 0 Å². The maximum Gasteiger partial charge on any atom is 0.341 e. The van der Waals surface area contributed by atoms with Crippen LogP contribution in [0.4, 0.5) is 5.00 Å². The first kappa shape index (κ1) is 19.4. The molecule has 0 unspecified atom stereocenters. The lowest BCUT2D eigenvalue weighted by Crippen LogP contribution is -3.14. The second-order valence-corrected chi connectivity index (χ2v) is 9.04. The van der Waals surface area contributed by atoms with Crippen LogP contribution in [0.5, 0.6) is 0 Å². The first-order valence-electron chi connectivity index (χ1n) is 9.93. The van der Waals surface area contributed by atoms with E-state index in [4.69, 9.17) is 4.74 Å². The van der Waals surface area contributed by atoms with Crippen LogP contribution in [-0.4, -0.2) is 38.1 Å². The van der Waals surface area contributed by atoms with Gasteiger partial charge in [-0.05, 0) is 56.4 Å². The zero-order valence-electron chi connectivity index (χ0n) is 16.2. The molecule has 5 nitrogen and oxygen atoms in total. The molecule has 3 rings (SSSR count). The molecule has 0 saturated carbocycles. The van der Waals surface area contributed by atoms with Crippen molar-refractivity contribution in [3.63, 3.8) is 0 Å². The summed E-state index contributed by atoms with van der Waals surface area (Å²) < 4.78 is 5.27. The van der Waals surface area contributed by atoms with E-state index in [1.54, 1.807) is 11.3 Å². The van der Waals surface area contributed by atoms with Crippen molar-refractivity contribution in [1.29, 1.82) is 0 Å². The van der Waals surface area contributed by atoms with E-state index in [0.29, 0.717) is 29.6 Å². The molecule has 0 radical (unpaired) electrons. The Balaban J connectivity index is 1.73. The predicted molar refractivity (Wildman–Crippen MR) is 104 cm³/mol. The third-order valence-electron chi connectivity index (χ3n) is 5.64. The fourth-order valence-electron chi connectivity index (χ4n) is 4.00. The average Bonchev–Trinajstić information content (AvgIpc) is 2.93. The maximum absolute atomic E-state index is 12.6. The summed E-state index contributed by atoms with van der Waals surface area (Å²) in [5.41, 5.74) is 1.70. The van der Waals surface area contributed by atoms with Crippen molar-refractivity contribution < 1.29 is 19.2 Å². The van der Waals surface area contributed by atoms with Crippen LogP contribution in [-0.2, 0) is 22.4 Å². The SMILES string of the molecule is CCOC(=O)c1c(NC(=O)C[NH+]2CCC(C)CC2)sc2c1CC[C@@H](C)C2. The third-order valence-corrected chi connectivity index (χ3v) is 6.81. The minimum atomic E-state index is -0.297. The molecule has 2 N–H and O–H groups in total. The number of anilines is 1. The van der Waals surface area contributed by atoms with Crippen molar-refractivity contribution in [3.05, 3.63) is 16.0 Å². The van der Waals surface area contributed by atoms with Crippen LogP contribution in [0.3, 0.4) is 0 Å². The lowest BCUT2D eigenvalue weighted by molar-refractivity contribution is -0.897. The minimum absolute atomic E-state index is 0.00625. The number of nitrogens with one attached hydrogen (secondary N) is 2. The standard InChI is InChI=1S/C20H30N2O3S/c1-4-25-20(24)18-15-6-5-14(3)11-16(15)26-19(18)21-17(23)12-22-9-7-13(2)8-10-22/h13-14H,4-12H2,1-3H3,(H,21,23)/p+1/t14-/m1/s1. The van der Waals surface area contributed by atoms with Gasteiger partial charge in [-0.3, -0.25) is 4.79 Å². The number of quaternary nitrogens is 1. The Hall–Kier alpha value is -1.40. The van der Waals surface area contributed by atoms with Crippen LogP contribution in [0.15, 0.2) is 0 Å². The summed E-state index contributed by atoms with van der Waals surface area (Å²) in [6.45, 7) is 9.27. The number of ether oxygens (including phenoxy) is 1. The maximum atomic E-state index is 12.6. The fourth-order valence-corrected chi connectivity index (χ4v) is 5.42. The van der Waals surface area contributed by atoms with E-state index >= 15 is 0 Å². The quantitative estimate of drug-likeness (QED) is 0.772. The number of hydrogen-bond donors (Lipinski definition) is 2. The molecule has 1 saturated heterocycles. The van der Waals surface area contributed by atoms with Gasteiger partial charge in [0.05, 0.1) is 25.3 Å². The van der Waals surface area contributed by atoms with E-state index < -0.39 is 0 Å². The number of fused-ring (bicyclic) bond motifs is 1. The molecular formula is C20H31N2O3S+. The highest BCUT2D eigenvalue weighted by Gasteiger charge is 2.30. The number of rotatable bonds is 5. The van der Waals surface area contributed by atoms with Gasteiger partial charge in [-0.25, -0.2) is 4.79 Å². The smallest absolute Gasteiger partial charge is 0.341 e. The van der Waals surface area contributed by atoms with Crippen molar-refractivity contribution in [2.75, 3.05) is 31.6 Å². The molecule has 1 aliphatic heterocycles. The number of carbonyl (C=O) groups is 2. The molecule has 0 bridgehead atoms. The molecule has 1 aromatic heterocycles. The Bertz CT molecular complexity index is 662. The van der Waals surface area contributed by atoms with E-state index in [1.807, 2.05) is 6.92 Å². The first-order valence-corrected chi connectivity index (χ1v) is 10.7. The summed E-state index contributed by atoms with van der Waals surface area (Å²) >= 11 is 1.57. The third kappa shape index (κ3) is 4.46. The number of esters is 1. The zero-order valence-corrected chi connectivity index (χ0v) is 17.0. The molecule has 1 aromatic rings. The Labute approximate surface area is 160 Å². The second kappa shape index (κ2) is 8.53. The average molecular weight is 380 g/mol. The monoisotopic (exact) mass is 379 g/mol. The number of carbonyl (C=O) groups excluding carboxylic acids is 2. The minimum Gasteiger partial charge on any atom is -0.462 e. The van der Waals surface area contributed by atoms with Gasteiger partial charge in [-0.1, -0.05) is 13.8 Å². The number of thiophene rings is 1. The topological polar surface area (TPSA) is 59.8 Å². The molecule has 2 aliphatic rings. The lowest BCUT2D eigenvalue weighted by atomic mass is 9.88. The number of likely N-dealkylation sites (tertiary alicyclic amines) is 1. The first-order chi connectivity index (χ1) is 12.5. The van der Waals surface area contributed by atoms with Crippen LogP contribution < -0.4 is 10.2 Å². The van der Waals surface area contributed by atoms with Gasteiger partial charge in [-0.15, -0.1) is 11.3 Å². The summed E-state index contributed by atoms with van der Waals surface area (Å²) in [7, 11) is 0. The molecule has 1 amide bonds. The van der Waals surface area contributed by atoms with E-state index in [9.17, 15) is 9.59 Å². The van der Waals surface area contributed by atoms with E-state index in [0.717, 1.165) is 43.8 Å². The van der Waals surface area contributed by atoms with Gasteiger partial charge in [0.25, 0.3) is 5.91 Å². The van der Waals surface area contributed by atoms with Crippen LogP contribution in [0, 0.1) is 11.8 Å². The highest BCUT2D eigenvalue weighted by molar-refractivity contribution is 7.17. The Kier molecular flexibility index (Phi) is 6.35. The van der Waals surface area contributed by atoms with Crippen LogP contribution in [0.2, 0.25) is 0 Å².